The molecule has 2 heterocycles. The average molecular weight is 359 g/mol. The molecule has 0 spiro atoms. The van der Waals surface area contributed by atoms with Gasteiger partial charge in [0.15, 0.2) is 0 Å². The van der Waals surface area contributed by atoms with E-state index in [1.54, 1.807) is 19.4 Å². The van der Waals surface area contributed by atoms with Crippen LogP contribution in [0.5, 0.6) is 5.75 Å². The van der Waals surface area contributed by atoms with E-state index in [9.17, 15) is 4.79 Å². The van der Waals surface area contributed by atoms with Gasteiger partial charge in [0.2, 0.25) is 0 Å². The van der Waals surface area contributed by atoms with Crippen LogP contribution in [0.2, 0.25) is 0 Å². The Hall–Kier alpha value is -3.34. The lowest BCUT2D eigenvalue weighted by Crippen LogP contribution is -2.32. The standard InChI is InChI=1S/C22H21N3O2/c1-27-19-10-8-18(9-11-19)24-22(26)20-7-4-13-23-21(20)25-14-12-16-5-2-3-6-17(16)15-25/h2-11,13H,12,14-15H2,1H3,(H,24,26). The maximum Gasteiger partial charge on any atom is 0.259 e. The van der Waals surface area contributed by atoms with Gasteiger partial charge in [0, 0.05) is 25.0 Å². The van der Waals surface area contributed by atoms with Crippen molar-refractivity contribution >= 4 is 17.4 Å². The smallest absolute Gasteiger partial charge is 0.259 e. The Labute approximate surface area is 158 Å². The summed E-state index contributed by atoms with van der Waals surface area (Å²) in [6, 6.07) is 19.3. The number of rotatable bonds is 4. The van der Waals surface area contributed by atoms with Crippen molar-refractivity contribution in [3.05, 3.63) is 83.6 Å². The highest BCUT2D eigenvalue weighted by Gasteiger charge is 2.22. The maximum atomic E-state index is 12.9. The first-order valence-corrected chi connectivity index (χ1v) is 8.97. The van der Waals surface area contributed by atoms with Crippen LogP contribution < -0.4 is 15.0 Å². The summed E-state index contributed by atoms with van der Waals surface area (Å²) in [5.41, 5.74) is 3.96. The van der Waals surface area contributed by atoms with E-state index in [-0.39, 0.29) is 5.91 Å². The van der Waals surface area contributed by atoms with E-state index in [1.165, 1.54) is 11.1 Å². The highest BCUT2D eigenvalue weighted by atomic mass is 16.5. The van der Waals surface area contributed by atoms with Crippen LogP contribution in [-0.2, 0) is 13.0 Å². The minimum atomic E-state index is -0.165. The summed E-state index contributed by atoms with van der Waals surface area (Å²) < 4.78 is 5.16. The van der Waals surface area contributed by atoms with Gasteiger partial charge in [-0.05, 0) is 53.9 Å². The van der Waals surface area contributed by atoms with E-state index in [0.29, 0.717) is 5.56 Å². The summed E-state index contributed by atoms with van der Waals surface area (Å²) in [7, 11) is 1.62. The second-order valence-electron chi connectivity index (χ2n) is 6.50. The molecular weight excluding hydrogens is 338 g/mol. The first-order chi connectivity index (χ1) is 13.2. The number of ether oxygens (including phenoxy) is 1. The van der Waals surface area contributed by atoms with Crippen molar-refractivity contribution in [2.24, 2.45) is 0 Å². The number of benzene rings is 2. The lowest BCUT2D eigenvalue weighted by Gasteiger charge is -2.30. The number of carbonyl (C=O) groups is 1. The summed E-state index contributed by atoms with van der Waals surface area (Å²) >= 11 is 0. The van der Waals surface area contributed by atoms with Crippen LogP contribution in [0.1, 0.15) is 21.5 Å². The lowest BCUT2D eigenvalue weighted by molar-refractivity contribution is 0.102. The van der Waals surface area contributed by atoms with Gasteiger partial charge < -0.3 is 15.0 Å². The third-order valence-corrected chi connectivity index (χ3v) is 4.81. The van der Waals surface area contributed by atoms with Crippen LogP contribution in [0, 0.1) is 0 Å². The molecule has 1 N–H and O–H groups in total. The molecule has 1 aromatic heterocycles. The molecule has 136 valence electrons. The number of hydrogen-bond acceptors (Lipinski definition) is 4. The molecule has 0 fully saturated rings. The van der Waals surface area contributed by atoms with Crippen molar-refractivity contribution in [2.45, 2.75) is 13.0 Å². The van der Waals surface area contributed by atoms with Crippen LogP contribution in [0.25, 0.3) is 0 Å². The summed E-state index contributed by atoms with van der Waals surface area (Å²) in [6.07, 6.45) is 2.69. The fourth-order valence-corrected chi connectivity index (χ4v) is 3.38. The third kappa shape index (κ3) is 3.62. The molecule has 27 heavy (non-hydrogen) atoms. The Morgan fingerprint density at radius 2 is 1.81 bits per heavy atom. The molecule has 0 radical (unpaired) electrons. The third-order valence-electron chi connectivity index (χ3n) is 4.81. The van der Waals surface area contributed by atoms with Gasteiger partial charge in [0.05, 0.1) is 12.7 Å². The Morgan fingerprint density at radius 1 is 1.04 bits per heavy atom. The van der Waals surface area contributed by atoms with Gasteiger partial charge in [0.1, 0.15) is 11.6 Å². The molecule has 5 nitrogen and oxygen atoms in total. The largest absolute Gasteiger partial charge is 0.497 e. The maximum absolute atomic E-state index is 12.9. The minimum Gasteiger partial charge on any atom is -0.497 e. The summed E-state index contributed by atoms with van der Waals surface area (Å²) in [6.45, 7) is 1.60. The Balaban J connectivity index is 1.56. The van der Waals surface area contributed by atoms with Crippen LogP contribution in [-0.4, -0.2) is 24.5 Å². The molecule has 1 amide bonds. The van der Waals surface area contributed by atoms with E-state index in [2.05, 4.69) is 39.5 Å². The minimum absolute atomic E-state index is 0.165. The number of amides is 1. The van der Waals surface area contributed by atoms with Gasteiger partial charge in [-0.2, -0.15) is 0 Å². The second-order valence-corrected chi connectivity index (χ2v) is 6.50. The van der Waals surface area contributed by atoms with Gasteiger partial charge in [-0.25, -0.2) is 4.98 Å². The van der Waals surface area contributed by atoms with E-state index in [0.717, 1.165) is 36.8 Å². The number of carbonyl (C=O) groups excluding carboxylic acids is 1. The molecular formula is C22H21N3O2. The summed E-state index contributed by atoms with van der Waals surface area (Å²) in [5, 5.41) is 2.95. The highest BCUT2D eigenvalue weighted by molar-refractivity contribution is 6.07. The molecule has 3 aromatic rings. The highest BCUT2D eigenvalue weighted by Crippen LogP contribution is 2.26. The molecule has 4 rings (SSSR count). The van der Waals surface area contributed by atoms with E-state index in [4.69, 9.17) is 4.74 Å². The zero-order valence-corrected chi connectivity index (χ0v) is 15.2. The number of nitrogens with one attached hydrogen (secondary N) is 1. The molecule has 1 aliphatic rings. The Morgan fingerprint density at radius 3 is 2.59 bits per heavy atom. The lowest BCUT2D eigenvalue weighted by atomic mass is 9.99. The molecule has 0 atom stereocenters. The number of aromatic nitrogens is 1. The predicted molar refractivity (Wildman–Crippen MR) is 106 cm³/mol. The normalized spacial score (nSPS) is 13.0. The Bertz CT molecular complexity index is 954. The summed E-state index contributed by atoms with van der Waals surface area (Å²) in [4.78, 5) is 19.6. The quantitative estimate of drug-likeness (QED) is 0.767. The number of anilines is 2. The van der Waals surface area contributed by atoms with Crippen molar-refractivity contribution in [3.63, 3.8) is 0 Å². The number of hydrogen-bond donors (Lipinski definition) is 1. The predicted octanol–water partition coefficient (Wildman–Crippen LogP) is 3.91. The van der Waals surface area contributed by atoms with Crippen LogP contribution in [0.3, 0.4) is 0 Å². The topological polar surface area (TPSA) is 54.5 Å². The van der Waals surface area contributed by atoms with Crippen LogP contribution >= 0.6 is 0 Å². The van der Waals surface area contributed by atoms with Crippen LogP contribution in [0.4, 0.5) is 11.5 Å². The van der Waals surface area contributed by atoms with Crippen LogP contribution in [0.15, 0.2) is 66.9 Å². The summed E-state index contributed by atoms with van der Waals surface area (Å²) in [5.74, 6) is 1.31. The monoisotopic (exact) mass is 359 g/mol. The number of fused-ring (bicyclic) bond motifs is 1. The van der Waals surface area contributed by atoms with Crippen molar-refractivity contribution in [3.8, 4) is 5.75 Å². The van der Waals surface area contributed by atoms with Gasteiger partial charge in [0.25, 0.3) is 5.91 Å². The van der Waals surface area contributed by atoms with E-state index >= 15 is 0 Å². The average Bonchev–Trinajstić information content (AvgIpc) is 2.74. The van der Waals surface area contributed by atoms with E-state index < -0.39 is 0 Å². The molecule has 0 saturated heterocycles. The van der Waals surface area contributed by atoms with Crippen molar-refractivity contribution in [2.75, 3.05) is 23.9 Å². The second kappa shape index (κ2) is 7.50. The molecule has 0 bridgehead atoms. The first-order valence-electron chi connectivity index (χ1n) is 8.97. The number of pyridine rings is 1. The molecule has 2 aromatic carbocycles. The van der Waals surface area contributed by atoms with Gasteiger partial charge in [-0.3, -0.25) is 4.79 Å². The SMILES string of the molecule is COc1ccc(NC(=O)c2cccnc2N2CCc3ccccc3C2)cc1. The molecule has 0 aliphatic carbocycles. The van der Waals surface area contributed by atoms with Gasteiger partial charge >= 0.3 is 0 Å². The molecule has 5 heteroatoms. The zero-order chi connectivity index (χ0) is 18.6. The molecule has 0 unspecified atom stereocenters. The number of methoxy groups -OCH3 is 1. The van der Waals surface area contributed by atoms with Gasteiger partial charge in [-0.1, -0.05) is 24.3 Å². The first kappa shape index (κ1) is 17.1. The Kier molecular flexibility index (Phi) is 4.75. The zero-order valence-electron chi connectivity index (χ0n) is 15.2. The van der Waals surface area contributed by atoms with Crippen molar-refractivity contribution < 1.29 is 9.53 Å². The van der Waals surface area contributed by atoms with Crippen molar-refractivity contribution in [1.29, 1.82) is 0 Å². The van der Waals surface area contributed by atoms with Gasteiger partial charge in [-0.15, -0.1) is 0 Å². The fraction of sp³-hybridized carbons (Fsp3) is 0.182. The fourth-order valence-electron chi connectivity index (χ4n) is 3.38. The van der Waals surface area contributed by atoms with Crippen molar-refractivity contribution in [1.82, 2.24) is 4.98 Å². The molecule has 0 saturated carbocycles. The number of nitrogens with zero attached hydrogens (tertiary/aromatic N) is 2. The molecule has 1 aliphatic heterocycles. The van der Waals surface area contributed by atoms with E-state index in [1.807, 2.05) is 30.3 Å².